The molecular weight excluding hydrogens is 356 g/mol. The predicted octanol–water partition coefficient (Wildman–Crippen LogP) is 4.55. The van der Waals surface area contributed by atoms with Gasteiger partial charge in [-0.05, 0) is 30.7 Å². The number of rotatable bonds is 6. The van der Waals surface area contributed by atoms with Gasteiger partial charge in [0.2, 0.25) is 5.76 Å². The molecule has 0 spiro atoms. The van der Waals surface area contributed by atoms with E-state index < -0.39 is 11.9 Å². The lowest BCUT2D eigenvalue weighted by molar-refractivity contribution is -0.144. The molecule has 0 saturated carbocycles. The smallest absolute Gasteiger partial charge is 0.374 e. The highest BCUT2D eigenvalue weighted by molar-refractivity contribution is 6.30. The lowest BCUT2D eigenvalue weighted by Crippen LogP contribution is -2.11. The van der Waals surface area contributed by atoms with Gasteiger partial charge < -0.3 is 13.9 Å². The molecule has 1 aromatic heterocycles. The summed E-state index contributed by atoms with van der Waals surface area (Å²) in [6.45, 7) is 1.87. The molecule has 0 bridgehead atoms. The van der Waals surface area contributed by atoms with Gasteiger partial charge in [-0.15, -0.1) is 0 Å². The zero-order valence-electron chi connectivity index (χ0n) is 14.2. The summed E-state index contributed by atoms with van der Waals surface area (Å²) in [4.78, 5) is 24.3. The Kier molecular flexibility index (Phi) is 5.58. The quantitative estimate of drug-likeness (QED) is 0.594. The first-order valence-corrected chi connectivity index (χ1v) is 8.54. The van der Waals surface area contributed by atoms with Gasteiger partial charge >= 0.3 is 11.9 Å². The monoisotopic (exact) mass is 372 g/mol. The molecule has 1 heterocycles. The van der Waals surface area contributed by atoms with Crippen molar-refractivity contribution in [3.63, 3.8) is 0 Å². The molecular formula is C20H17ClO5. The summed E-state index contributed by atoms with van der Waals surface area (Å²) < 4.78 is 16.0. The van der Waals surface area contributed by atoms with E-state index in [0.29, 0.717) is 16.2 Å². The third-order valence-electron chi connectivity index (χ3n) is 3.80. The first kappa shape index (κ1) is 18.0. The molecule has 3 rings (SSSR count). The zero-order valence-corrected chi connectivity index (χ0v) is 14.9. The summed E-state index contributed by atoms with van der Waals surface area (Å²) in [5.74, 6) is -0.924. The van der Waals surface area contributed by atoms with Crippen LogP contribution in [-0.4, -0.2) is 18.5 Å². The highest BCUT2D eigenvalue weighted by Crippen LogP contribution is 2.27. The lowest BCUT2D eigenvalue weighted by atomic mass is 10.1. The Morgan fingerprint density at radius 3 is 2.50 bits per heavy atom. The van der Waals surface area contributed by atoms with Crippen molar-refractivity contribution in [2.45, 2.75) is 20.0 Å². The van der Waals surface area contributed by atoms with Crippen LogP contribution in [0.1, 0.15) is 28.6 Å². The van der Waals surface area contributed by atoms with Crippen molar-refractivity contribution in [1.82, 2.24) is 0 Å². The van der Waals surface area contributed by atoms with Gasteiger partial charge in [0.15, 0.2) is 0 Å². The van der Waals surface area contributed by atoms with E-state index >= 15 is 0 Å². The Labute approximate surface area is 155 Å². The van der Waals surface area contributed by atoms with E-state index in [1.54, 1.807) is 43.3 Å². The van der Waals surface area contributed by atoms with E-state index in [0.717, 1.165) is 10.9 Å². The van der Waals surface area contributed by atoms with Crippen LogP contribution in [0.15, 0.2) is 52.9 Å². The number of ether oxygens (including phenoxy) is 2. The number of carbonyl (C=O) groups excluding carboxylic acids is 2. The number of esters is 2. The largest absolute Gasteiger partial charge is 0.460 e. The molecule has 5 nitrogen and oxygen atoms in total. The SMILES string of the molecule is CCOC(=O)c1oc2ccccc2c1COC(=O)Cc1ccc(Cl)cc1. The molecule has 0 atom stereocenters. The van der Waals surface area contributed by atoms with Crippen LogP contribution in [0.3, 0.4) is 0 Å². The maximum absolute atomic E-state index is 12.1. The molecule has 3 aromatic rings. The second kappa shape index (κ2) is 8.06. The van der Waals surface area contributed by atoms with Crippen LogP contribution in [0.4, 0.5) is 0 Å². The van der Waals surface area contributed by atoms with Crippen molar-refractivity contribution in [2.75, 3.05) is 6.61 Å². The van der Waals surface area contributed by atoms with Crippen LogP contribution >= 0.6 is 11.6 Å². The fourth-order valence-corrected chi connectivity index (χ4v) is 2.70. The Hall–Kier alpha value is -2.79. The molecule has 0 aliphatic carbocycles. The molecule has 0 aliphatic heterocycles. The average Bonchev–Trinajstić information content (AvgIpc) is 3.01. The number of benzene rings is 2. The van der Waals surface area contributed by atoms with E-state index in [2.05, 4.69) is 0 Å². The van der Waals surface area contributed by atoms with Crippen molar-refractivity contribution in [3.05, 3.63) is 70.4 Å². The van der Waals surface area contributed by atoms with Crippen molar-refractivity contribution in [3.8, 4) is 0 Å². The molecule has 26 heavy (non-hydrogen) atoms. The van der Waals surface area contributed by atoms with Gasteiger partial charge in [0.25, 0.3) is 0 Å². The number of halogens is 1. The predicted molar refractivity (Wildman–Crippen MR) is 97.1 cm³/mol. The maximum atomic E-state index is 12.1. The van der Waals surface area contributed by atoms with Crippen molar-refractivity contribution in [1.29, 1.82) is 0 Å². The van der Waals surface area contributed by atoms with Crippen LogP contribution in [-0.2, 0) is 27.3 Å². The summed E-state index contributed by atoms with van der Waals surface area (Å²) in [5, 5.41) is 1.32. The minimum absolute atomic E-state index is 0.0624. The summed E-state index contributed by atoms with van der Waals surface area (Å²) in [6, 6.07) is 14.1. The van der Waals surface area contributed by atoms with Gasteiger partial charge in [0.05, 0.1) is 18.6 Å². The molecule has 2 aromatic carbocycles. The third kappa shape index (κ3) is 4.06. The number of hydrogen-bond donors (Lipinski definition) is 0. The molecule has 0 saturated heterocycles. The van der Waals surface area contributed by atoms with Crippen LogP contribution in [0.2, 0.25) is 5.02 Å². The summed E-state index contributed by atoms with van der Waals surface area (Å²) in [5.41, 5.74) is 1.84. The van der Waals surface area contributed by atoms with Gasteiger partial charge in [-0.2, -0.15) is 0 Å². The van der Waals surface area contributed by atoms with Crippen LogP contribution < -0.4 is 0 Å². The minimum Gasteiger partial charge on any atom is -0.460 e. The van der Waals surface area contributed by atoms with E-state index in [1.165, 1.54) is 0 Å². The zero-order chi connectivity index (χ0) is 18.5. The number of para-hydroxylation sites is 1. The molecule has 0 N–H and O–H groups in total. The summed E-state index contributed by atoms with van der Waals surface area (Å²) in [6.07, 6.45) is 0.113. The highest BCUT2D eigenvalue weighted by atomic mass is 35.5. The van der Waals surface area contributed by atoms with Crippen molar-refractivity contribution < 1.29 is 23.5 Å². The first-order chi connectivity index (χ1) is 12.6. The number of fused-ring (bicyclic) bond motifs is 1. The normalized spacial score (nSPS) is 10.7. The molecule has 0 unspecified atom stereocenters. The maximum Gasteiger partial charge on any atom is 0.374 e. The minimum atomic E-state index is -0.576. The number of hydrogen-bond acceptors (Lipinski definition) is 5. The lowest BCUT2D eigenvalue weighted by Gasteiger charge is -2.06. The summed E-state index contributed by atoms with van der Waals surface area (Å²) in [7, 11) is 0. The third-order valence-corrected chi connectivity index (χ3v) is 4.05. The van der Waals surface area contributed by atoms with E-state index in [4.69, 9.17) is 25.5 Å². The Morgan fingerprint density at radius 1 is 1.04 bits per heavy atom. The van der Waals surface area contributed by atoms with Crippen molar-refractivity contribution in [2.24, 2.45) is 0 Å². The first-order valence-electron chi connectivity index (χ1n) is 8.16. The van der Waals surface area contributed by atoms with E-state index in [-0.39, 0.29) is 25.4 Å². The van der Waals surface area contributed by atoms with Gasteiger partial charge in [-0.1, -0.05) is 41.9 Å². The van der Waals surface area contributed by atoms with E-state index in [1.807, 2.05) is 12.1 Å². The molecule has 0 amide bonds. The Morgan fingerprint density at radius 2 is 1.77 bits per heavy atom. The standard InChI is InChI=1S/C20H17ClO5/c1-2-24-20(23)19-16(15-5-3-4-6-17(15)26-19)12-25-18(22)11-13-7-9-14(21)10-8-13/h3-10H,2,11-12H2,1H3. The fourth-order valence-electron chi connectivity index (χ4n) is 2.58. The van der Waals surface area contributed by atoms with Gasteiger partial charge in [0.1, 0.15) is 12.2 Å². The molecule has 0 fully saturated rings. The number of furan rings is 1. The molecule has 134 valence electrons. The van der Waals surface area contributed by atoms with Gasteiger partial charge in [-0.3, -0.25) is 4.79 Å². The topological polar surface area (TPSA) is 65.7 Å². The second-order valence-electron chi connectivity index (χ2n) is 5.59. The van der Waals surface area contributed by atoms with Gasteiger partial charge in [0, 0.05) is 10.4 Å². The fraction of sp³-hybridized carbons (Fsp3) is 0.200. The average molecular weight is 373 g/mol. The van der Waals surface area contributed by atoms with Crippen LogP contribution in [0.5, 0.6) is 0 Å². The molecule has 6 heteroatoms. The van der Waals surface area contributed by atoms with E-state index in [9.17, 15) is 9.59 Å². The number of carbonyl (C=O) groups is 2. The van der Waals surface area contributed by atoms with Crippen LogP contribution in [0, 0.1) is 0 Å². The summed E-state index contributed by atoms with van der Waals surface area (Å²) >= 11 is 5.83. The molecule has 0 radical (unpaired) electrons. The van der Waals surface area contributed by atoms with Gasteiger partial charge in [-0.25, -0.2) is 4.79 Å². The Bertz CT molecular complexity index is 927. The van der Waals surface area contributed by atoms with Crippen molar-refractivity contribution >= 4 is 34.5 Å². The highest BCUT2D eigenvalue weighted by Gasteiger charge is 2.22. The van der Waals surface area contributed by atoms with Crippen LogP contribution in [0.25, 0.3) is 11.0 Å². The molecule has 0 aliphatic rings. The second-order valence-corrected chi connectivity index (χ2v) is 6.03. The Balaban J connectivity index is 1.76.